The lowest BCUT2D eigenvalue weighted by atomic mass is 10.1. The Morgan fingerprint density at radius 2 is 1.74 bits per heavy atom. The van der Waals surface area contributed by atoms with E-state index in [0.717, 1.165) is 0 Å². The van der Waals surface area contributed by atoms with E-state index in [9.17, 15) is 15.3 Å². The second-order valence-corrected chi connectivity index (χ2v) is 3.84. The van der Waals surface area contributed by atoms with Crippen LogP contribution in [0.2, 0.25) is 0 Å². The molecule has 0 bridgehead atoms. The SMILES string of the molecule is [N-]=[N+]=NCC(CN=[N+]=[N-])O[C@@H]1OC[C@@H](O)[C@H](O)[C@H]1O. The zero-order valence-electron chi connectivity index (χ0n) is 9.85. The fraction of sp³-hybridized carbons (Fsp3) is 1.00. The molecule has 0 amide bonds. The number of aliphatic hydroxyl groups is 3. The summed E-state index contributed by atoms with van der Waals surface area (Å²) in [7, 11) is 0. The number of hydrogen-bond acceptors (Lipinski definition) is 7. The highest BCUT2D eigenvalue weighted by molar-refractivity contribution is 4.83. The average molecular weight is 274 g/mol. The van der Waals surface area contributed by atoms with E-state index in [1.165, 1.54) is 0 Å². The Bertz CT molecular complexity index is 362. The van der Waals surface area contributed by atoms with Gasteiger partial charge < -0.3 is 24.8 Å². The monoisotopic (exact) mass is 274 g/mol. The van der Waals surface area contributed by atoms with Gasteiger partial charge in [-0.25, -0.2) is 0 Å². The predicted octanol–water partition coefficient (Wildman–Crippen LogP) is -0.569. The summed E-state index contributed by atoms with van der Waals surface area (Å²) in [6.07, 6.45) is -6.07. The third-order valence-corrected chi connectivity index (χ3v) is 2.48. The van der Waals surface area contributed by atoms with Crippen molar-refractivity contribution in [3.63, 3.8) is 0 Å². The van der Waals surface area contributed by atoms with Crippen LogP contribution in [0, 0.1) is 0 Å². The minimum atomic E-state index is -1.46. The van der Waals surface area contributed by atoms with Crippen molar-refractivity contribution in [3.8, 4) is 0 Å². The number of nitrogens with zero attached hydrogens (tertiary/aromatic N) is 6. The van der Waals surface area contributed by atoms with Gasteiger partial charge in [0.25, 0.3) is 0 Å². The van der Waals surface area contributed by atoms with Crippen LogP contribution >= 0.6 is 0 Å². The molecule has 19 heavy (non-hydrogen) atoms. The molecule has 0 aliphatic carbocycles. The molecule has 1 heterocycles. The summed E-state index contributed by atoms with van der Waals surface area (Å²) in [4.78, 5) is 5.08. The number of rotatable bonds is 6. The van der Waals surface area contributed by atoms with Crippen molar-refractivity contribution in [2.75, 3.05) is 19.7 Å². The van der Waals surface area contributed by atoms with Crippen LogP contribution in [0.1, 0.15) is 0 Å². The van der Waals surface area contributed by atoms with Gasteiger partial charge in [0, 0.05) is 9.82 Å². The second-order valence-electron chi connectivity index (χ2n) is 3.84. The molecule has 0 spiro atoms. The molecule has 11 nitrogen and oxygen atoms in total. The number of azide groups is 2. The van der Waals surface area contributed by atoms with Gasteiger partial charge in [-0.15, -0.1) is 0 Å². The Balaban J connectivity index is 2.61. The Morgan fingerprint density at radius 3 is 2.26 bits per heavy atom. The van der Waals surface area contributed by atoms with Gasteiger partial charge in [-0.3, -0.25) is 0 Å². The highest BCUT2D eigenvalue weighted by atomic mass is 16.7. The average Bonchev–Trinajstić information content (AvgIpc) is 2.42. The lowest BCUT2D eigenvalue weighted by molar-refractivity contribution is -0.280. The normalized spacial score (nSPS) is 31.9. The molecule has 1 aliphatic heterocycles. The Hall–Kier alpha value is -1.58. The van der Waals surface area contributed by atoms with Crippen LogP contribution in [0.15, 0.2) is 10.2 Å². The van der Waals surface area contributed by atoms with Gasteiger partial charge in [0.2, 0.25) is 0 Å². The first kappa shape index (κ1) is 15.5. The van der Waals surface area contributed by atoms with Crippen molar-refractivity contribution >= 4 is 0 Å². The van der Waals surface area contributed by atoms with Crippen molar-refractivity contribution in [3.05, 3.63) is 20.9 Å². The van der Waals surface area contributed by atoms with Crippen LogP contribution in [-0.2, 0) is 9.47 Å². The zero-order valence-corrected chi connectivity index (χ0v) is 9.85. The lowest BCUT2D eigenvalue weighted by Crippen LogP contribution is -2.54. The standard InChI is InChI=1S/C8H14N6O5/c9-13-11-1-4(2-12-14-10)19-8-7(17)6(16)5(15)3-18-8/h4-8,15-17H,1-3H2/t5-,6+,7-,8+/m1/s1. The maximum absolute atomic E-state index is 9.64. The Kier molecular flexibility index (Phi) is 6.33. The van der Waals surface area contributed by atoms with Crippen LogP contribution in [-0.4, -0.2) is 65.7 Å². The van der Waals surface area contributed by atoms with Crippen LogP contribution in [0.25, 0.3) is 20.9 Å². The summed E-state index contributed by atoms with van der Waals surface area (Å²) < 4.78 is 10.3. The van der Waals surface area contributed by atoms with Gasteiger partial charge in [-0.1, -0.05) is 10.2 Å². The summed E-state index contributed by atoms with van der Waals surface area (Å²) in [5.41, 5.74) is 16.4. The predicted molar refractivity (Wildman–Crippen MR) is 60.7 cm³/mol. The topological polar surface area (TPSA) is 177 Å². The highest BCUT2D eigenvalue weighted by Gasteiger charge is 2.39. The quantitative estimate of drug-likeness (QED) is 0.333. The molecule has 0 aromatic heterocycles. The number of aliphatic hydroxyl groups excluding tert-OH is 3. The van der Waals surface area contributed by atoms with E-state index < -0.39 is 30.7 Å². The van der Waals surface area contributed by atoms with E-state index in [0.29, 0.717) is 0 Å². The third kappa shape index (κ3) is 4.54. The molecule has 1 aliphatic rings. The van der Waals surface area contributed by atoms with Crippen LogP contribution < -0.4 is 0 Å². The molecule has 11 heteroatoms. The van der Waals surface area contributed by atoms with E-state index >= 15 is 0 Å². The third-order valence-electron chi connectivity index (χ3n) is 2.48. The second kappa shape index (κ2) is 7.77. The van der Waals surface area contributed by atoms with Gasteiger partial charge in [0.05, 0.1) is 25.8 Å². The maximum atomic E-state index is 9.64. The van der Waals surface area contributed by atoms with Gasteiger partial charge in [-0.05, 0) is 11.1 Å². The molecule has 106 valence electrons. The van der Waals surface area contributed by atoms with Crippen LogP contribution in [0.3, 0.4) is 0 Å². The van der Waals surface area contributed by atoms with Gasteiger partial charge >= 0.3 is 0 Å². The smallest absolute Gasteiger partial charge is 0.186 e. The van der Waals surface area contributed by atoms with E-state index in [1.54, 1.807) is 0 Å². The number of hydrogen-bond donors (Lipinski definition) is 3. The molecule has 0 radical (unpaired) electrons. The molecule has 1 fully saturated rings. The minimum Gasteiger partial charge on any atom is -0.388 e. The fourth-order valence-electron chi connectivity index (χ4n) is 1.49. The van der Waals surface area contributed by atoms with Crippen molar-refractivity contribution < 1.29 is 24.8 Å². The Labute approximate surface area is 107 Å². The first-order valence-corrected chi connectivity index (χ1v) is 5.43. The summed E-state index contributed by atoms with van der Waals surface area (Å²) in [5.74, 6) is 0. The zero-order chi connectivity index (χ0) is 14.3. The molecular weight excluding hydrogens is 260 g/mol. The van der Waals surface area contributed by atoms with Crippen molar-refractivity contribution in [1.82, 2.24) is 0 Å². The highest BCUT2D eigenvalue weighted by Crippen LogP contribution is 2.18. The summed E-state index contributed by atoms with van der Waals surface area (Å²) in [6.45, 7) is -0.458. The van der Waals surface area contributed by atoms with Crippen LogP contribution in [0.5, 0.6) is 0 Å². The largest absolute Gasteiger partial charge is 0.388 e. The van der Waals surface area contributed by atoms with Crippen molar-refractivity contribution in [2.45, 2.75) is 30.7 Å². The number of ether oxygens (including phenoxy) is 2. The van der Waals surface area contributed by atoms with Crippen LogP contribution in [0.4, 0.5) is 0 Å². The fourth-order valence-corrected chi connectivity index (χ4v) is 1.49. The first-order valence-electron chi connectivity index (χ1n) is 5.43. The minimum absolute atomic E-state index is 0.124. The maximum Gasteiger partial charge on any atom is 0.186 e. The Morgan fingerprint density at radius 1 is 1.16 bits per heavy atom. The summed E-state index contributed by atoms with van der Waals surface area (Å²) in [5, 5.41) is 34.9. The van der Waals surface area contributed by atoms with Gasteiger partial charge in [0.1, 0.15) is 18.3 Å². The van der Waals surface area contributed by atoms with Crippen molar-refractivity contribution in [2.24, 2.45) is 10.2 Å². The van der Waals surface area contributed by atoms with E-state index in [-0.39, 0.29) is 19.7 Å². The molecular formula is C8H14N6O5. The van der Waals surface area contributed by atoms with E-state index in [2.05, 4.69) is 20.1 Å². The molecule has 0 aromatic carbocycles. The molecule has 1 rings (SSSR count). The molecule has 0 unspecified atom stereocenters. The van der Waals surface area contributed by atoms with E-state index in [1.807, 2.05) is 0 Å². The molecule has 3 N–H and O–H groups in total. The summed E-state index contributed by atoms with van der Waals surface area (Å²) >= 11 is 0. The van der Waals surface area contributed by atoms with Crippen molar-refractivity contribution in [1.29, 1.82) is 0 Å². The summed E-state index contributed by atoms with van der Waals surface area (Å²) in [6, 6.07) is 0. The molecule has 0 saturated carbocycles. The molecule has 1 saturated heterocycles. The first-order chi connectivity index (χ1) is 9.10. The van der Waals surface area contributed by atoms with E-state index in [4.69, 9.17) is 20.5 Å². The van der Waals surface area contributed by atoms with Gasteiger partial charge in [0.15, 0.2) is 6.29 Å². The lowest BCUT2D eigenvalue weighted by Gasteiger charge is -2.36. The molecule has 4 atom stereocenters. The molecule has 0 aromatic rings. The van der Waals surface area contributed by atoms with Gasteiger partial charge in [-0.2, -0.15) is 0 Å².